The number of nitrogens with one attached hydrogen (secondary N) is 1. The fourth-order valence-corrected chi connectivity index (χ4v) is 4.18. The fraction of sp³-hybridized carbons (Fsp3) is 0.933. The van der Waals surface area contributed by atoms with Crippen molar-refractivity contribution in [1.82, 2.24) is 5.32 Å². The number of rotatable bonds is 3. The number of thioether (sulfide) groups is 1. The van der Waals surface area contributed by atoms with Gasteiger partial charge >= 0.3 is 0 Å². The summed E-state index contributed by atoms with van der Waals surface area (Å²) in [6, 6.07) is 0.744. The Balaban J connectivity index is 0.00000200. The van der Waals surface area contributed by atoms with Crippen LogP contribution in [0.25, 0.3) is 0 Å². The summed E-state index contributed by atoms with van der Waals surface area (Å²) in [5.74, 6) is 2.01. The van der Waals surface area contributed by atoms with Crippen molar-refractivity contribution in [2.75, 3.05) is 5.75 Å². The predicted molar refractivity (Wildman–Crippen MR) is 89.4 cm³/mol. The number of halogens is 1. The first-order valence-electron chi connectivity index (χ1n) is 7.54. The summed E-state index contributed by atoms with van der Waals surface area (Å²) < 4.78 is 0.155. The summed E-state index contributed by atoms with van der Waals surface area (Å²) >= 11 is 1.72. The highest BCUT2D eigenvalue weighted by atomic mass is 35.5. The van der Waals surface area contributed by atoms with E-state index in [1.165, 1.54) is 19.3 Å². The molecule has 2 aliphatic rings. The SMILES string of the molecule is CC(C)(C)SCC(=O)NC1C2CCCC1CC(N)C2.Cl. The molecule has 0 aromatic carbocycles. The van der Waals surface area contributed by atoms with Crippen molar-refractivity contribution in [2.24, 2.45) is 17.6 Å². The predicted octanol–water partition coefficient (Wildman–Crippen LogP) is 2.96. The van der Waals surface area contributed by atoms with E-state index < -0.39 is 0 Å². The fourth-order valence-electron chi connectivity index (χ4n) is 3.53. The first-order valence-corrected chi connectivity index (χ1v) is 8.52. The molecule has 0 heterocycles. The minimum atomic E-state index is 0. The van der Waals surface area contributed by atoms with Crippen molar-refractivity contribution in [3.8, 4) is 0 Å². The van der Waals surface area contributed by atoms with Crippen LogP contribution in [0.15, 0.2) is 0 Å². The highest BCUT2D eigenvalue weighted by Crippen LogP contribution is 2.39. The molecule has 2 fully saturated rings. The van der Waals surface area contributed by atoms with Crippen LogP contribution in [0.3, 0.4) is 0 Å². The monoisotopic (exact) mass is 320 g/mol. The van der Waals surface area contributed by atoms with Crippen LogP contribution in [0, 0.1) is 11.8 Å². The minimum Gasteiger partial charge on any atom is -0.352 e. The van der Waals surface area contributed by atoms with E-state index in [0.717, 1.165) is 12.8 Å². The van der Waals surface area contributed by atoms with Crippen LogP contribution in [-0.4, -0.2) is 28.5 Å². The molecule has 2 aliphatic carbocycles. The van der Waals surface area contributed by atoms with Gasteiger partial charge in [-0.25, -0.2) is 0 Å². The van der Waals surface area contributed by atoms with Crippen molar-refractivity contribution in [2.45, 2.75) is 69.7 Å². The summed E-state index contributed by atoms with van der Waals surface area (Å²) in [6.45, 7) is 6.46. The molecule has 118 valence electrons. The average Bonchev–Trinajstić information content (AvgIpc) is 2.27. The van der Waals surface area contributed by atoms with Crippen LogP contribution in [0.1, 0.15) is 52.9 Å². The molecule has 0 aromatic rings. The third-order valence-electron chi connectivity index (χ3n) is 4.34. The molecule has 20 heavy (non-hydrogen) atoms. The normalized spacial score (nSPS) is 33.2. The molecule has 5 heteroatoms. The molecule has 2 atom stereocenters. The van der Waals surface area contributed by atoms with Crippen molar-refractivity contribution in [3.05, 3.63) is 0 Å². The maximum Gasteiger partial charge on any atom is 0.230 e. The third-order valence-corrected chi connectivity index (χ3v) is 5.61. The molecule has 0 spiro atoms. The number of amides is 1. The van der Waals surface area contributed by atoms with E-state index in [-0.39, 0.29) is 23.1 Å². The Labute approximate surface area is 133 Å². The highest BCUT2D eigenvalue weighted by Gasteiger charge is 2.39. The van der Waals surface area contributed by atoms with E-state index in [9.17, 15) is 4.79 Å². The standard InChI is InChI=1S/C15H28N2OS.ClH/c1-15(2,3)19-9-13(18)17-14-10-5-4-6-11(14)8-12(16)7-10;/h10-12,14H,4-9,16H2,1-3H3,(H,17,18);1H. The average molecular weight is 321 g/mol. The van der Waals surface area contributed by atoms with E-state index in [2.05, 4.69) is 26.1 Å². The van der Waals surface area contributed by atoms with Gasteiger partial charge in [-0.15, -0.1) is 24.2 Å². The molecule has 0 aliphatic heterocycles. The maximum atomic E-state index is 12.1. The van der Waals surface area contributed by atoms with E-state index in [1.807, 2.05) is 0 Å². The van der Waals surface area contributed by atoms with Crippen LogP contribution < -0.4 is 11.1 Å². The van der Waals surface area contributed by atoms with Crippen LogP contribution >= 0.6 is 24.2 Å². The molecule has 1 amide bonds. The Morgan fingerprint density at radius 1 is 1.25 bits per heavy atom. The number of nitrogens with two attached hydrogens (primary N) is 1. The lowest BCUT2D eigenvalue weighted by Gasteiger charge is -2.45. The van der Waals surface area contributed by atoms with Gasteiger partial charge in [0.2, 0.25) is 5.91 Å². The Kier molecular flexibility index (Phi) is 6.68. The molecule has 0 radical (unpaired) electrons. The largest absolute Gasteiger partial charge is 0.352 e. The van der Waals surface area contributed by atoms with Crippen molar-refractivity contribution < 1.29 is 4.79 Å². The zero-order chi connectivity index (χ0) is 14.0. The lowest BCUT2D eigenvalue weighted by Crippen LogP contribution is -2.54. The molecule has 2 unspecified atom stereocenters. The smallest absolute Gasteiger partial charge is 0.230 e. The van der Waals surface area contributed by atoms with Gasteiger partial charge in [0.15, 0.2) is 0 Å². The summed E-state index contributed by atoms with van der Waals surface area (Å²) in [4.78, 5) is 12.1. The second-order valence-electron chi connectivity index (χ2n) is 7.18. The Morgan fingerprint density at radius 2 is 1.80 bits per heavy atom. The van der Waals surface area contributed by atoms with Crippen LogP contribution in [0.4, 0.5) is 0 Å². The Hall–Kier alpha value is 0.0700. The van der Waals surface area contributed by atoms with Crippen molar-refractivity contribution >= 4 is 30.1 Å². The van der Waals surface area contributed by atoms with Gasteiger partial charge in [0.1, 0.15) is 0 Å². The summed E-state index contributed by atoms with van der Waals surface area (Å²) in [7, 11) is 0. The van der Waals surface area contributed by atoms with Gasteiger partial charge in [0.25, 0.3) is 0 Å². The van der Waals surface area contributed by atoms with Gasteiger partial charge in [-0.05, 0) is 37.5 Å². The molecule has 2 bridgehead atoms. The Bertz CT molecular complexity index is 318. The molecule has 3 N–H and O–H groups in total. The molecule has 0 aromatic heterocycles. The lowest BCUT2D eigenvalue weighted by molar-refractivity contribution is -0.120. The van der Waals surface area contributed by atoms with Crippen molar-refractivity contribution in [1.29, 1.82) is 0 Å². The Morgan fingerprint density at radius 3 is 2.30 bits per heavy atom. The number of carbonyl (C=O) groups is 1. The van der Waals surface area contributed by atoms with Gasteiger partial charge in [0, 0.05) is 16.8 Å². The van der Waals surface area contributed by atoms with Crippen LogP contribution in [0.2, 0.25) is 0 Å². The molecular weight excluding hydrogens is 292 g/mol. The van der Waals surface area contributed by atoms with E-state index in [0.29, 0.717) is 29.7 Å². The van der Waals surface area contributed by atoms with E-state index in [1.54, 1.807) is 11.8 Å². The van der Waals surface area contributed by atoms with Gasteiger partial charge < -0.3 is 11.1 Å². The minimum absolute atomic E-state index is 0. The first kappa shape index (κ1) is 18.1. The molecule has 3 nitrogen and oxygen atoms in total. The zero-order valence-electron chi connectivity index (χ0n) is 12.9. The molecular formula is C15H29ClN2OS. The summed E-state index contributed by atoms with van der Waals surface area (Å²) in [5.41, 5.74) is 6.12. The topological polar surface area (TPSA) is 55.1 Å². The van der Waals surface area contributed by atoms with Gasteiger partial charge in [-0.1, -0.05) is 27.2 Å². The molecule has 2 rings (SSSR count). The summed E-state index contributed by atoms with van der Waals surface area (Å²) in [5, 5.41) is 3.30. The second-order valence-corrected chi connectivity index (χ2v) is 8.98. The van der Waals surface area contributed by atoms with Gasteiger partial charge in [0.05, 0.1) is 5.75 Å². The quantitative estimate of drug-likeness (QED) is 0.840. The van der Waals surface area contributed by atoms with Gasteiger partial charge in [-0.2, -0.15) is 0 Å². The zero-order valence-corrected chi connectivity index (χ0v) is 14.5. The number of hydrogen-bond acceptors (Lipinski definition) is 3. The number of fused-ring (bicyclic) bond motifs is 2. The number of carbonyl (C=O) groups excluding carboxylic acids is 1. The van der Waals surface area contributed by atoms with Gasteiger partial charge in [-0.3, -0.25) is 4.79 Å². The molecule has 2 saturated carbocycles. The molecule has 0 saturated heterocycles. The van der Waals surface area contributed by atoms with Crippen LogP contribution in [0.5, 0.6) is 0 Å². The highest BCUT2D eigenvalue weighted by molar-refractivity contribution is 8.01. The van der Waals surface area contributed by atoms with E-state index in [4.69, 9.17) is 5.73 Å². The first-order chi connectivity index (χ1) is 8.85. The number of hydrogen-bond donors (Lipinski definition) is 2. The van der Waals surface area contributed by atoms with E-state index >= 15 is 0 Å². The maximum absolute atomic E-state index is 12.1. The third kappa shape index (κ3) is 5.12. The lowest BCUT2D eigenvalue weighted by atomic mass is 9.67. The summed E-state index contributed by atoms with van der Waals surface area (Å²) in [6.07, 6.45) is 5.97. The van der Waals surface area contributed by atoms with Crippen LogP contribution in [-0.2, 0) is 4.79 Å². The van der Waals surface area contributed by atoms with Crippen molar-refractivity contribution in [3.63, 3.8) is 0 Å². The second kappa shape index (κ2) is 7.37.